The molecule has 0 aromatic heterocycles. The van der Waals surface area contributed by atoms with Crippen LogP contribution in [-0.2, 0) is 14.3 Å². The van der Waals surface area contributed by atoms with Gasteiger partial charge in [0.25, 0.3) is 5.91 Å². The van der Waals surface area contributed by atoms with Gasteiger partial charge in [0.05, 0.1) is 30.3 Å². The van der Waals surface area contributed by atoms with E-state index in [9.17, 15) is 9.59 Å². The Balaban J connectivity index is 1.53. The lowest BCUT2D eigenvalue weighted by atomic mass is 10.2. The normalized spacial score (nSPS) is 16.4. The van der Waals surface area contributed by atoms with Gasteiger partial charge in [0.15, 0.2) is 6.61 Å². The number of amides is 2. The molecule has 2 aliphatic rings. The van der Waals surface area contributed by atoms with E-state index >= 15 is 0 Å². The van der Waals surface area contributed by atoms with Crippen LogP contribution in [0, 0.1) is 0 Å². The minimum atomic E-state index is -0.304. The fourth-order valence-corrected chi connectivity index (χ4v) is 3.52. The van der Waals surface area contributed by atoms with Gasteiger partial charge in [-0.3, -0.25) is 14.5 Å². The van der Waals surface area contributed by atoms with Crippen molar-refractivity contribution in [2.24, 2.45) is 0 Å². The molecule has 28 heavy (non-hydrogen) atoms. The van der Waals surface area contributed by atoms with Crippen LogP contribution in [0.25, 0.3) is 0 Å². The van der Waals surface area contributed by atoms with E-state index in [1.54, 1.807) is 30.3 Å². The summed E-state index contributed by atoms with van der Waals surface area (Å²) >= 11 is 6.15. The van der Waals surface area contributed by atoms with Crippen LogP contribution in [0.3, 0.4) is 0 Å². The standard InChI is InChI=1S/C20H20ClN3O4/c21-14-5-6-16(23-7-9-27-10-8-23)15(11-14)22-19(25)12-24-17-3-1-2-4-18(17)28-13-20(24)26/h1-6,11H,7-10,12-13H2,(H,22,25). The molecule has 0 atom stereocenters. The van der Waals surface area contributed by atoms with Crippen molar-refractivity contribution < 1.29 is 19.1 Å². The molecular formula is C20H20ClN3O4. The molecule has 0 radical (unpaired) electrons. The second-order valence-corrected chi connectivity index (χ2v) is 6.98. The van der Waals surface area contributed by atoms with Crippen LogP contribution < -0.4 is 19.9 Å². The van der Waals surface area contributed by atoms with Crippen molar-refractivity contribution in [3.63, 3.8) is 0 Å². The Morgan fingerprint density at radius 1 is 1.11 bits per heavy atom. The smallest absolute Gasteiger partial charge is 0.265 e. The molecule has 146 valence electrons. The van der Waals surface area contributed by atoms with Crippen molar-refractivity contribution in [2.45, 2.75) is 0 Å². The number of para-hydroxylation sites is 2. The quantitative estimate of drug-likeness (QED) is 0.852. The van der Waals surface area contributed by atoms with Crippen LogP contribution in [0.2, 0.25) is 5.02 Å². The second-order valence-electron chi connectivity index (χ2n) is 6.55. The number of nitrogens with one attached hydrogen (secondary N) is 1. The van der Waals surface area contributed by atoms with Crippen LogP contribution in [-0.4, -0.2) is 51.3 Å². The highest BCUT2D eigenvalue weighted by Gasteiger charge is 2.27. The van der Waals surface area contributed by atoms with Crippen LogP contribution in [0.5, 0.6) is 5.75 Å². The predicted molar refractivity (Wildman–Crippen MR) is 107 cm³/mol. The molecule has 0 unspecified atom stereocenters. The van der Waals surface area contributed by atoms with E-state index in [0.717, 1.165) is 18.8 Å². The maximum Gasteiger partial charge on any atom is 0.265 e. The number of fused-ring (bicyclic) bond motifs is 1. The Bertz CT molecular complexity index is 899. The monoisotopic (exact) mass is 401 g/mol. The maximum absolute atomic E-state index is 12.8. The lowest BCUT2D eigenvalue weighted by Gasteiger charge is -2.31. The zero-order chi connectivity index (χ0) is 19.5. The van der Waals surface area contributed by atoms with Gasteiger partial charge in [-0.1, -0.05) is 23.7 Å². The van der Waals surface area contributed by atoms with Gasteiger partial charge in [-0.05, 0) is 30.3 Å². The Morgan fingerprint density at radius 2 is 1.89 bits per heavy atom. The number of morpholine rings is 1. The zero-order valence-electron chi connectivity index (χ0n) is 15.2. The molecule has 2 heterocycles. The SMILES string of the molecule is O=C(CN1C(=O)COc2ccccc21)Nc1cc(Cl)ccc1N1CCOCC1. The van der Waals surface area contributed by atoms with Crippen molar-refractivity contribution in [1.82, 2.24) is 0 Å². The zero-order valence-corrected chi connectivity index (χ0v) is 15.9. The molecule has 0 bridgehead atoms. The van der Waals surface area contributed by atoms with Crippen molar-refractivity contribution in [3.05, 3.63) is 47.5 Å². The molecule has 0 saturated carbocycles. The second kappa shape index (κ2) is 8.08. The van der Waals surface area contributed by atoms with Crippen molar-refractivity contribution in [3.8, 4) is 5.75 Å². The minimum absolute atomic E-state index is 0.0829. The summed E-state index contributed by atoms with van der Waals surface area (Å²) in [6.45, 7) is 2.55. The van der Waals surface area contributed by atoms with Crippen LogP contribution >= 0.6 is 11.6 Å². The van der Waals surface area contributed by atoms with E-state index in [0.29, 0.717) is 35.4 Å². The van der Waals surface area contributed by atoms with E-state index in [4.69, 9.17) is 21.1 Å². The van der Waals surface area contributed by atoms with Gasteiger partial charge in [0.1, 0.15) is 12.3 Å². The molecule has 1 N–H and O–H groups in total. The Labute approximate surface area is 167 Å². The summed E-state index contributed by atoms with van der Waals surface area (Å²) < 4.78 is 10.8. The molecule has 1 saturated heterocycles. The average molecular weight is 402 g/mol. The highest BCUT2D eigenvalue weighted by Crippen LogP contribution is 2.32. The largest absolute Gasteiger partial charge is 0.482 e. The summed E-state index contributed by atoms with van der Waals surface area (Å²) in [6, 6.07) is 12.6. The molecule has 2 aromatic rings. The first kappa shape index (κ1) is 18.6. The van der Waals surface area contributed by atoms with Crippen LogP contribution in [0.4, 0.5) is 17.1 Å². The van der Waals surface area contributed by atoms with E-state index in [1.165, 1.54) is 4.90 Å². The number of hydrogen-bond acceptors (Lipinski definition) is 5. The minimum Gasteiger partial charge on any atom is -0.482 e. The summed E-state index contributed by atoms with van der Waals surface area (Å²) in [6.07, 6.45) is 0. The molecule has 7 nitrogen and oxygen atoms in total. The number of ether oxygens (including phenoxy) is 2. The first-order chi connectivity index (χ1) is 13.6. The van der Waals surface area contributed by atoms with Crippen molar-refractivity contribution >= 4 is 40.5 Å². The summed E-state index contributed by atoms with van der Waals surface area (Å²) in [5, 5.41) is 3.43. The van der Waals surface area contributed by atoms with Crippen molar-refractivity contribution in [1.29, 1.82) is 0 Å². The third-order valence-corrected chi connectivity index (χ3v) is 4.93. The summed E-state index contributed by atoms with van der Waals surface area (Å²) in [4.78, 5) is 28.6. The summed E-state index contributed by atoms with van der Waals surface area (Å²) in [7, 11) is 0. The predicted octanol–water partition coefficient (Wildman–Crippen LogP) is 2.54. The van der Waals surface area contributed by atoms with Gasteiger partial charge in [0, 0.05) is 18.1 Å². The summed E-state index contributed by atoms with van der Waals surface area (Å²) in [5.74, 6) is 0.0295. The Morgan fingerprint density at radius 3 is 2.71 bits per heavy atom. The number of hydrogen-bond donors (Lipinski definition) is 1. The van der Waals surface area contributed by atoms with Gasteiger partial charge in [0.2, 0.25) is 5.91 Å². The highest BCUT2D eigenvalue weighted by atomic mass is 35.5. The van der Waals surface area contributed by atoms with E-state index in [2.05, 4.69) is 10.2 Å². The van der Waals surface area contributed by atoms with Crippen molar-refractivity contribution in [2.75, 3.05) is 54.6 Å². The molecule has 0 aliphatic carbocycles. The third-order valence-electron chi connectivity index (χ3n) is 4.69. The average Bonchev–Trinajstić information content (AvgIpc) is 2.71. The third kappa shape index (κ3) is 3.90. The Kier molecular flexibility index (Phi) is 5.36. The molecule has 4 rings (SSSR count). The first-order valence-corrected chi connectivity index (χ1v) is 9.44. The lowest BCUT2D eigenvalue weighted by Crippen LogP contribution is -2.43. The first-order valence-electron chi connectivity index (χ1n) is 9.06. The number of carbonyl (C=O) groups is 2. The summed E-state index contributed by atoms with van der Waals surface area (Å²) in [5.41, 5.74) is 2.09. The molecule has 2 aliphatic heterocycles. The van der Waals surface area contributed by atoms with E-state index in [1.807, 2.05) is 12.1 Å². The van der Waals surface area contributed by atoms with Gasteiger partial charge < -0.3 is 19.7 Å². The van der Waals surface area contributed by atoms with Gasteiger partial charge >= 0.3 is 0 Å². The van der Waals surface area contributed by atoms with Gasteiger partial charge in [-0.2, -0.15) is 0 Å². The number of rotatable bonds is 4. The topological polar surface area (TPSA) is 71.1 Å². The Hall–Kier alpha value is -2.77. The van der Waals surface area contributed by atoms with E-state index in [-0.39, 0.29) is 25.0 Å². The molecule has 1 fully saturated rings. The molecule has 2 aromatic carbocycles. The number of halogens is 1. The molecule has 2 amide bonds. The fourth-order valence-electron chi connectivity index (χ4n) is 3.35. The number of anilines is 3. The number of carbonyl (C=O) groups excluding carboxylic acids is 2. The van der Waals surface area contributed by atoms with Crippen LogP contribution in [0.15, 0.2) is 42.5 Å². The lowest BCUT2D eigenvalue weighted by molar-refractivity contribution is -0.123. The van der Waals surface area contributed by atoms with Gasteiger partial charge in [-0.25, -0.2) is 0 Å². The maximum atomic E-state index is 12.8. The molecule has 0 spiro atoms. The molecular weight excluding hydrogens is 382 g/mol. The highest BCUT2D eigenvalue weighted by molar-refractivity contribution is 6.31. The van der Waals surface area contributed by atoms with E-state index < -0.39 is 0 Å². The number of benzene rings is 2. The van der Waals surface area contributed by atoms with Crippen LogP contribution in [0.1, 0.15) is 0 Å². The molecule has 8 heteroatoms. The van der Waals surface area contributed by atoms with Gasteiger partial charge in [-0.15, -0.1) is 0 Å². The number of nitrogens with zero attached hydrogens (tertiary/aromatic N) is 2. The fraction of sp³-hybridized carbons (Fsp3) is 0.300.